The van der Waals surface area contributed by atoms with E-state index in [0.717, 1.165) is 21.5 Å². The van der Waals surface area contributed by atoms with Crippen molar-refractivity contribution in [3.05, 3.63) is 20.8 Å². The summed E-state index contributed by atoms with van der Waals surface area (Å²) in [7, 11) is 0. The van der Waals surface area contributed by atoms with Crippen molar-refractivity contribution in [1.82, 2.24) is 0 Å². The lowest BCUT2D eigenvalue weighted by Crippen LogP contribution is -2.24. The highest BCUT2D eigenvalue weighted by Crippen LogP contribution is 2.32. The molecule has 0 spiro atoms. The Morgan fingerprint density at radius 3 is 2.53 bits per heavy atom. The van der Waals surface area contributed by atoms with Crippen LogP contribution in [-0.4, -0.2) is 12.3 Å². The van der Waals surface area contributed by atoms with Gasteiger partial charge in [0.05, 0.1) is 3.79 Å². The van der Waals surface area contributed by atoms with Crippen molar-refractivity contribution in [3.63, 3.8) is 0 Å². The van der Waals surface area contributed by atoms with Gasteiger partial charge < -0.3 is 5.73 Å². The van der Waals surface area contributed by atoms with E-state index in [4.69, 9.17) is 5.73 Å². The molecular weight excluding hydrogens is 322 g/mol. The second-order valence-electron chi connectivity index (χ2n) is 6.10. The zero-order valence-electron chi connectivity index (χ0n) is 12.0. The first-order chi connectivity index (χ1) is 8.82. The van der Waals surface area contributed by atoms with Gasteiger partial charge in [0.25, 0.3) is 0 Å². The molecule has 19 heavy (non-hydrogen) atoms. The highest BCUT2D eigenvalue weighted by molar-refractivity contribution is 9.11. The molecule has 0 aliphatic heterocycles. The third kappa shape index (κ3) is 6.19. The van der Waals surface area contributed by atoms with E-state index in [2.05, 4.69) is 36.7 Å². The van der Waals surface area contributed by atoms with Crippen molar-refractivity contribution < 1.29 is 4.79 Å². The average Bonchev–Trinajstić information content (AvgIpc) is 2.68. The average molecular weight is 346 g/mol. The third-order valence-electron chi connectivity index (χ3n) is 3.51. The summed E-state index contributed by atoms with van der Waals surface area (Å²) in [5, 5.41) is 0. The van der Waals surface area contributed by atoms with Crippen LogP contribution in [-0.2, 0) is 11.2 Å². The minimum absolute atomic E-state index is 0.228. The second kappa shape index (κ2) is 7.55. The zero-order chi connectivity index (χ0) is 14.5. The molecule has 1 aromatic heterocycles. The fraction of sp³-hybridized carbons (Fsp3) is 0.667. The number of hydrogen-bond acceptors (Lipinski definition) is 3. The fourth-order valence-corrected chi connectivity index (χ4v) is 3.79. The molecule has 1 aromatic rings. The van der Waals surface area contributed by atoms with E-state index in [0.29, 0.717) is 31.1 Å². The van der Waals surface area contributed by atoms with Crippen molar-refractivity contribution in [2.24, 2.45) is 17.1 Å². The lowest BCUT2D eigenvalue weighted by molar-refractivity contribution is -0.118. The molecule has 0 aromatic carbocycles. The van der Waals surface area contributed by atoms with Crippen molar-refractivity contribution in [1.29, 1.82) is 0 Å². The van der Waals surface area contributed by atoms with Crippen LogP contribution < -0.4 is 5.73 Å². The van der Waals surface area contributed by atoms with Crippen LogP contribution in [0.2, 0.25) is 0 Å². The largest absolute Gasteiger partial charge is 0.330 e. The van der Waals surface area contributed by atoms with Gasteiger partial charge in [0.2, 0.25) is 0 Å². The van der Waals surface area contributed by atoms with Crippen molar-refractivity contribution in [3.8, 4) is 0 Å². The highest BCUT2D eigenvalue weighted by atomic mass is 79.9. The third-order valence-corrected chi connectivity index (χ3v) is 5.14. The molecule has 4 heteroatoms. The maximum Gasteiger partial charge on any atom is 0.138 e. The van der Waals surface area contributed by atoms with Gasteiger partial charge in [-0.15, -0.1) is 11.3 Å². The second-order valence-corrected chi connectivity index (χ2v) is 8.65. The predicted molar refractivity (Wildman–Crippen MR) is 86.6 cm³/mol. The minimum atomic E-state index is 0.228. The molecule has 108 valence electrons. The van der Waals surface area contributed by atoms with Crippen LogP contribution in [0.1, 0.15) is 44.9 Å². The summed E-state index contributed by atoms with van der Waals surface area (Å²) in [6.45, 7) is 7.39. The molecule has 1 rings (SSSR count). The molecular formula is C15H24BrNOS. The minimum Gasteiger partial charge on any atom is -0.330 e. The van der Waals surface area contributed by atoms with Gasteiger partial charge >= 0.3 is 0 Å². The first kappa shape index (κ1) is 16.9. The number of halogens is 1. The quantitative estimate of drug-likeness (QED) is 0.794. The monoisotopic (exact) mass is 345 g/mol. The van der Waals surface area contributed by atoms with Gasteiger partial charge in [-0.25, -0.2) is 0 Å². The first-order valence-electron chi connectivity index (χ1n) is 6.79. The van der Waals surface area contributed by atoms with E-state index in [1.54, 1.807) is 11.3 Å². The first-order valence-corrected chi connectivity index (χ1v) is 8.40. The number of carbonyl (C=O) groups is 1. The van der Waals surface area contributed by atoms with E-state index in [-0.39, 0.29) is 5.41 Å². The fourth-order valence-electron chi connectivity index (χ4n) is 2.28. The highest BCUT2D eigenvalue weighted by Gasteiger charge is 2.24. The maximum atomic E-state index is 12.0. The smallest absolute Gasteiger partial charge is 0.138 e. The van der Waals surface area contributed by atoms with Crippen LogP contribution in [0.5, 0.6) is 0 Å². The van der Waals surface area contributed by atoms with Crippen LogP contribution in [0.25, 0.3) is 0 Å². The van der Waals surface area contributed by atoms with Gasteiger partial charge in [0, 0.05) is 17.7 Å². The number of nitrogens with two attached hydrogens (primary N) is 1. The Kier molecular flexibility index (Phi) is 6.71. The normalized spacial score (nSPS) is 13.5. The number of ketones is 1. The maximum absolute atomic E-state index is 12.0. The number of Topliss-reactive ketones (excluding diaryl/α,β-unsaturated/α-hetero) is 1. The van der Waals surface area contributed by atoms with Crippen molar-refractivity contribution in [2.45, 2.75) is 46.5 Å². The van der Waals surface area contributed by atoms with Gasteiger partial charge in [-0.3, -0.25) is 4.79 Å². The SMILES string of the molecule is CC(C)(C)C(CCN)CCC(=O)Cc1ccc(Br)s1. The molecule has 0 saturated carbocycles. The van der Waals surface area contributed by atoms with Gasteiger partial charge in [-0.05, 0) is 58.8 Å². The Bertz CT molecular complexity index is 409. The Hall–Kier alpha value is -0.190. The Balaban J connectivity index is 2.43. The summed E-state index contributed by atoms with van der Waals surface area (Å²) < 4.78 is 1.09. The van der Waals surface area contributed by atoms with E-state index in [1.165, 1.54) is 0 Å². The van der Waals surface area contributed by atoms with Gasteiger partial charge in [-0.1, -0.05) is 20.8 Å². The van der Waals surface area contributed by atoms with Crippen LogP contribution in [0.3, 0.4) is 0 Å². The summed E-state index contributed by atoms with van der Waals surface area (Å²) in [5.41, 5.74) is 5.90. The molecule has 0 bridgehead atoms. The van der Waals surface area contributed by atoms with Crippen LogP contribution in [0.15, 0.2) is 15.9 Å². The van der Waals surface area contributed by atoms with E-state index < -0.39 is 0 Å². The lowest BCUT2D eigenvalue weighted by Gasteiger charge is -2.30. The summed E-state index contributed by atoms with van der Waals surface area (Å²) in [6.07, 6.45) is 3.18. The molecule has 0 amide bonds. The number of rotatable bonds is 7. The molecule has 1 atom stereocenters. The zero-order valence-corrected chi connectivity index (χ0v) is 14.4. The number of hydrogen-bond donors (Lipinski definition) is 1. The predicted octanol–water partition coefficient (Wildman–Crippen LogP) is 4.41. The Morgan fingerprint density at radius 2 is 2.05 bits per heavy atom. The van der Waals surface area contributed by atoms with Crippen LogP contribution in [0.4, 0.5) is 0 Å². The number of carbonyl (C=O) groups excluding carboxylic acids is 1. The van der Waals surface area contributed by atoms with E-state index in [1.807, 2.05) is 12.1 Å². The van der Waals surface area contributed by atoms with Crippen molar-refractivity contribution in [2.75, 3.05) is 6.54 Å². The summed E-state index contributed by atoms with van der Waals surface area (Å²) in [4.78, 5) is 13.2. The summed E-state index contributed by atoms with van der Waals surface area (Å²) in [6, 6.07) is 4.02. The number of thiophene rings is 1. The van der Waals surface area contributed by atoms with E-state index >= 15 is 0 Å². The molecule has 1 unspecified atom stereocenters. The topological polar surface area (TPSA) is 43.1 Å². The molecule has 0 fully saturated rings. The molecule has 0 aliphatic carbocycles. The molecule has 0 saturated heterocycles. The summed E-state index contributed by atoms with van der Waals surface area (Å²) >= 11 is 5.07. The standard InChI is InChI=1S/C15H24BrNOS/c1-15(2,3)11(8-9-17)4-5-12(18)10-13-6-7-14(16)19-13/h6-7,11H,4-5,8-10,17H2,1-3H3. The van der Waals surface area contributed by atoms with Crippen LogP contribution >= 0.6 is 27.3 Å². The molecule has 1 heterocycles. The van der Waals surface area contributed by atoms with Gasteiger partial charge in [0.15, 0.2) is 0 Å². The van der Waals surface area contributed by atoms with Crippen LogP contribution in [0, 0.1) is 11.3 Å². The molecule has 2 N–H and O–H groups in total. The molecule has 0 aliphatic rings. The van der Waals surface area contributed by atoms with Crippen molar-refractivity contribution >= 4 is 33.0 Å². The van der Waals surface area contributed by atoms with Gasteiger partial charge in [0.1, 0.15) is 5.78 Å². The molecule has 0 radical (unpaired) electrons. The molecule has 2 nitrogen and oxygen atoms in total. The van der Waals surface area contributed by atoms with Gasteiger partial charge in [-0.2, -0.15) is 0 Å². The lowest BCUT2D eigenvalue weighted by atomic mass is 9.76. The Morgan fingerprint density at radius 1 is 1.37 bits per heavy atom. The Labute approximate surface area is 128 Å². The summed E-state index contributed by atoms with van der Waals surface area (Å²) in [5.74, 6) is 0.858. The van der Waals surface area contributed by atoms with E-state index in [9.17, 15) is 4.79 Å².